The van der Waals surface area contributed by atoms with E-state index in [0.29, 0.717) is 0 Å². The standard InChI is InChI=1S/4C8H19N2.4C4H10N.4Mn/c4*1-6-9-8(2,3)7-10(4)5;4*1-3-5-4-2;;;;/h4*6-7H2,1-5H3;4*3-4H2,1-2H3;;;;/q8*-1;4*+3. The predicted molar refractivity (Wildman–Crippen MR) is 284 cm³/mol. The summed E-state index contributed by atoms with van der Waals surface area (Å²) in [6.45, 7) is 57.5. The zero-order chi connectivity index (χ0) is 49.3. The Kier molecular flexibility index (Phi) is 103. The number of nitrogens with zero attached hydrogens (tertiary/aromatic N) is 12. The van der Waals surface area contributed by atoms with Crippen LogP contribution in [0.2, 0.25) is 0 Å². The third-order valence-corrected chi connectivity index (χ3v) is 6.95. The Morgan fingerprint density at radius 3 is 0.391 bits per heavy atom. The van der Waals surface area contributed by atoms with Gasteiger partial charge in [0.2, 0.25) is 0 Å². The average molecular weight is 1080 g/mol. The van der Waals surface area contributed by atoms with Crippen molar-refractivity contribution in [3.63, 3.8) is 0 Å². The van der Waals surface area contributed by atoms with Gasteiger partial charge >= 0.3 is 68.3 Å². The van der Waals surface area contributed by atoms with Gasteiger partial charge in [0.1, 0.15) is 0 Å². The summed E-state index contributed by atoms with van der Waals surface area (Å²) >= 11 is 0. The van der Waals surface area contributed by atoms with Crippen molar-refractivity contribution in [2.45, 2.75) is 161 Å². The van der Waals surface area contributed by atoms with Gasteiger partial charge in [-0.25, -0.2) is 0 Å². The molecular weight excluding hydrogens is 964 g/mol. The number of rotatable bonds is 24. The molecule has 0 radical (unpaired) electrons. The molecule has 0 aliphatic rings. The number of likely N-dealkylation sites (N-methyl/N-ethyl adjacent to an activating group) is 8. The molecule has 0 aliphatic heterocycles. The molecule has 0 heterocycles. The molecule has 0 aromatic carbocycles. The third-order valence-electron chi connectivity index (χ3n) is 6.95. The van der Waals surface area contributed by atoms with E-state index in [9.17, 15) is 0 Å². The fourth-order valence-electron chi connectivity index (χ4n) is 5.90. The van der Waals surface area contributed by atoms with Crippen LogP contribution in [0.3, 0.4) is 0 Å². The average Bonchev–Trinajstić information content (AvgIpc) is 3.06. The topological polar surface area (TPSA) is 126 Å². The quantitative estimate of drug-likeness (QED) is 0.0892. The first kappa shape index (κ1) is 95.3. The van der Waals surface area contributed by atoms with Crippen molar-refractivity contribution >= 4 is 0 Å². The minimum absolute atomic E-state index is 0. The normalized spacial score (nSPS) is 10.5. The van der Waals surface area contributed by atoms with Crippen molar-refractivity contribution in [2.75, 3.05) is 161 Å². The van der Waals surface area contributed by atoms with Crippen molar-refractivity contribution in [3.8, 4) is 0 Å². The van der Waals surface area contributed by atoms with Crippen LogP contribution in [0.25, 0.3) is 42.5 Å². The molecular formula is C48H116Mn4N12+4. The van der Waals surface area contributed by atoms with Gasteiger partial charge in [-0.2, -0.15) is 78.5 Å². The van der Waals surface area contributed by atoms with E-state index in [1.165, 1.54) is 0 Å². The molecule has 0 N–H and O–H groups in total. The summed E-state index contributed by atoms with van der Waals surface area (Å²) in [5.41, 5.74) is 0.493. The molecule has 12 nitrogen and oxygen atoms in total. The number of hydrogen-bond acceptors (Lipinski definition) is 4. The molecule has 0 atom stereocenters. The first-order valence-corrected chi connectivity index (χ1v) is 23.4. The van der Waals surface area contributed by atoms with Gasteiger partial charge in [0, 0.05) is 0 Å². The second-order valence-electron chi connectivity index (χ2n) is 17.5. The van der Waals surface area contributed by atoms with Crippen LogP contribution in [0, 0.1) is 0 Å². The molecule has 0 unspecified atom stereocenters. The van der Waals surface area contributed by atoms with E-state index in [-0.39, 0.29) is 90.4 Å². The largest absolute Gasteiger partial charge is 3.00 e. The Morgan fingerprint density at radius 1 is 0.234 bits per heavy atom. The molecule has 392 valence electrons. The Hall–Kier alpha value is 1.60. The van der Waals surface area contributed by atoms with Gasteiger partial charge in [-0.15, -0.1) is 22.2 Å². The summed E-state index contributed by atoms with van der Waals surface area (Å²) in [4.78, 5) is 8.66. The molecule has 0 amide bonds. The molecule has 0 aromatic rings. The van der Waals surface area contributed by atoms with E-state index in [1.807, 2.05) is 55.4 Å². The zero-order valence-electron chi connectivity index (χ0n) is 48.2. The third kappa shape index (κ3) is 120. The van der Waals surface area contributed by atoms with Crippen LogP contribution in [-0.4, -0.2) is 203 Å². The molecule has 0 aliphatic carbocycles. The monoisotopic (exact) mass is 1080 g/mol. The molecule has 0 saturated carbocycles. The van der Waals surface area contributed by atoms with Crippen LogP contribution in [0.15, 0.2) is 0 Å². The maximum absolute atomic E-state index is 4.46. The molecule has 0 saturated heterocycles. The Labute approximate surface area is 449 Å². The number of hydrogen-bond donors (Lipinski definition) is 0. The zero-order valence-corrected chi connectivity index (χ0v) is 52.9. The van der Waals surface area contributed by atoms with Crippen molar-refractivity contribution < 1.29 is 68.3 Å². The molecule has 0 bridgehead atoms. The van der Waals surface area contributed by atoms with Gasteiger partial charge in [0.25, 0.3) is 0 Å². The Balaban J connectivity index is -0.0000000488. The van der Waals surface area contributed by atoms with Crippen molar-refractivity contribution in [1.29, 1.82) is 0 Å². The summed E-state index contributed by atoms with van der Waals surface area (Å²) in [5, 5.41) is 33.7. The summed E-state index contributed by atoms with van der Waals surface area (Å²) in [6.07, 6.45) is 0. The maximum atomic E-state index is 4.46. The van der Waals surface area contributed by atoms with Gasteiger partial charge in [-0.05, 0) is 82.6 Å². The van der Waals surface area contributed by atoms with E-state index in [2.05, 4.69) is 202 Å². The van der Waals surface area contributed by atoms with E-state index < -0.39 is 0 Å². The van der Waals surface area contributed by atoms with Crippen LogP contribution in [0.1, 0.15) is 138 Å². The van der Waals surface area contributed by atoms with E-state index in [0.717, 1.165) is 105 Å². The van der Waals surface area contributed by atoms with Gasteiger partial charge in [0.05, 0.1) is 0 Å². The van der Waals surface area contributed by atoms with Crippen LogP contribution in [0.4, 0.5) is 0 Å². The van der Waals surface area contributed by atoms with Crippen LogP contribution in [-0.2, 0) is 68.3 Å². The fourth-order valence-corrected chi connectivity index (χ4v) is 5.90. The molecule has 0 spiro atoms. The van der Waals surface area contributed by atoms with Crippen molar-refractivity contribution in [1.82, 2.24) is 19.6 Å². The second-order valence-corrected chi connectivity index (χ2v) is 17.5. The van der Waals surface area contributed by atoms with Crippen LogP contribution >= 0.6 is 0 Å². The first-order chi connectivity index (χ1) is 27.6. The second kappa shape index (κ2) is 68.9. The minimum atomic E-state index is 0. The fraction of sp³-hybridized carbons (Fsp3) is 1.00. The van der Waals surface area contributed by atoms with Crippen molar-refractivity contribution in [2.24, 2.45) is 0 Å². The van der Waals surface area contributed by atoms with Crippen LogP contribution < -0.4 is 0 Å². The van der Waals surface area contributed by atoms with Gasteiger partial charge in [-0.1, -0.05) is 138 Å². The maximum Gasteiger partial charge on any atom is 3.00 e. The Bertz CT molecular complexity index is 622. The summed E-state index contributed by atoms with van der Waals surface area (Å²) in [6, 6.07) is 0. The summed E-state index contributed by atoms with van der Waals surface area (Å²) in [7, 11) is 16.6. The van der Waals surface area contributed by atoms with Gasteiger partial charge in [0.15, 0.2) is 0 Å². The molecule has 0 fully saturated rings. The van der Waals surface area contributed by atoms with E-state index in [1.54, 1.807) is 0 Å². The molecule has 64 heavy (non-hydrogen) atoms. The molecule has 0 aromatic heterocycles. The van der Waals surface area contributed by atoms with Gasteiger partial charge < -0.3 is 62.1 Å². The SMILES string of the molecule is CC[N-]C(C)(C)CN(C)C.CC[N-]C(C)(C)CN(C)C.CC[N-]C(C)(C)CN(C)C.CC[N-]C(C)(C)CN(C)C.CC[N-]CC.CC[N-]CC.CC[N-]CC.CC[N-]CC.[Mn+3].[Mn+3].[Mn+3].[Mn+3]. The first-order valence-electron chi connectivity index (χ1n) is 23.4. The predicted octanol–water partition coefficient (Wildman–Crippen LogP) is 12.5. The van der Waals surface area contributed by atoms with Crippen molar-refractivity contribution in [3.05, 3.63) is 42.5 Å². The van der Waals surface area contributed by atoms with E-state index >= 15 is 0 Å². The minimum Gasteiger partial charge on any atom is -0.663 e. The Morgan fingerprint density at radius 2 is 0.344 bits per heavy atom. The summed E-state index contributed by atoms with van der Waals surface area (Å²) < 4.78 is 0. The van der Waals surface area contributed by atoms with Crippen LogP contribution in [0.5, 0.6) is 0 Å². The smallest absolute Gasteiger partial charge is 0.663 e. The summed E-state index contributed by atoms with van der Waals surface area (Å²) in [5.74, 6) is 0. The van der Waals surface area contributed by atoms with Gasteiger partial charge in [-0.3, -0.25) is 0 Å². The molecule has 16 heteroatoms. The molecule has 0 rings (SSSR count). The van der Waals surface area contributed by atoms with E-state index in [4.69, 9.17) is 0 Å².